The molecule has 0 aliphatic carbocycles. The number of benzene rings is 3. The Balaban J connectivity index is 1.41. The van der Waals surface area contributed by atoms with E-state index in [9.17, 15) is 13.2 Å². The van der Waals surface area contributed by atoms with Crippen LogP contribution in [0.5, 0.6) is 11.5 Å². The van der Waals surface area contributed by atoms with Crippen molar-refractivity contribution < 1.29 is 22.6 Å². The van der Waals surface area contributed by atoms with Crippen molar-refractivity contribution in [3.63, 3.8) is 0 Å². The lowest BCUT2D eigenvalue weighted by molar-refractivity contribution is -0.137. The standard InChI is InChI=1S/C25H19ClF3N3O2/c1-33-23-12-16(5-8-22(23)34-14-15-3-2-4-17(11-15)25(27,28)29)24-31-20-13-18(26)6-7-19(20)21-9-10-30-32(21)24/h2-13,24,31H,14H2,1H3/t24-/m0/s1. The molecular weight excluding hydrogens is 467 g/mol. The van der Waals surface area contributed by atoms with Crippen LogP contribution in [0, 0.1) is 0 Å². The smallest absolute Gasteiger partial charge is 0.416 e. The molecule has 5 nitrogen and oxygen atoms in total. The normalized spacial score (nSPS) is 14.7. The second-order valence-corrected chi connectivity index (χ2v) is 8.23. The van der Waals surface area contributed by atoms with E-state index in [0.717, 1.165) is 34.6 Å². The first-order valence-electron chi connectivity index (χ1n) is 10.4. The fraction of sp³-hybridized carbons (Fsp3) is 0.160. The Morgan fingerprint density at radius 1 is 1.03 bits per heavy atom. The third kappa shape index (κ3) is 4.17. The molecule has 2 heterocycles. The van der Waals surface area contributed by atoms with Gasteiger partial charge in [-0.15, -0.1) is 0 Å². The second-order valence-electron chi connectivity index (χ2n) is 7.79. The first-order chi connectivity index (χ1) is 16.3. The Hall–Kier alpha value is -3.65. The van der Waals surface area contributed by atoms with Crippen molar-refractivity contribution in [2.45, 2.75) is 18.9 Å². The number of aromatic nitrogens is 2. The first-order valence-corrected chi connectivity index (χ1v) is 10.8. The molecule has 1 N–H and O–H groups in total. The molecule has 9 heteroatoms. The largest absolute Gasteiger partial charge is 0.493 e. The average molecular weight is 486 g/mol. The summed E-state index contributed by atoms with van der Waals surface area (Å²) < 4.78 is 52.1. The molecule has 34 heavy (non-hydrogen) atoms. The summed E-state index contributed by atoms with van der Waals surface area (Å²) in [7, 11) is 1.51. The predicted octanol–water partition coefficient (Wildman–Crippen LogP) is 6.78. The quantitative estimate of drug-likeness (QED) is 0.338. The minimum Gasteiger partial charge on any atom is -0.493 e. The van der Waals surface area contributed by atoms with Gasteiger partial charge >= 0.3 is 6.18 Å². The van der Waals surface area contributed by atoms with Crippen LogP contribution in [0.4, 0.5) is 18.9 Å². The number of alkyl halides is 3. The number of methoxy groups -OCH3 is 1. The summed E-state index contributed by atoms with van der Waals surface area (Å²) in [5.74, 6) is 0.875. The van der Waals surface area contributed by atoms with Crippen LogP contribution in [-0.2, 0) is 12.8 Å². The number of halogens is 4. The SMILES string of the molecule is COc1cc([C@H]2Nc3cc(Cl)ccc3-c3ccnn32)ccc1OCc1cccc(C(F)(F)F)c1. The maximum Gasteiger partial charge on any atom is 0.416 e. The average Bonchev–Trinajstić information content (AvgIpc) is 3.32. The van der Waals surface area contributed by atoms with E-state index in [-0.39, 0.29) is 12.8 Å². The van der Waals surface area contributed by atoms with Crippen molar-refractivity contribution >= 4 is 17.3 Å². The highest BCUT2D eigenvalue weighted by atomic mass is 35.5. The van der Waals surface area contributed by atoms with Crippen LogP contribution in [0.15, 0.2) is 72.9 Å². The number of nitrogens with zero attached hydrogens (tertiary/aromatic N) is 2. The maximum atomic E-state index is 13.0. The van der Waals surface area contributed by atoms with Crippen molar-refractivity contribution in [3.05, 3.63) is 94.6 Å². The van der Waals surface area contributed by atoms with Gasteiger partial charge < -0.3 is 14.8 Å². The highest BCUT2D eigenvalue weighted by Crippen LogP contribution is 2.41. The van der Waals surface area contributed by atoms with Crippen molar-refractivity contribution in [3.8, 4) is 22.8 Å². The molecular formula is C25H19ClF3N3O2. The van der Waals surface area contributed by atoms with E-state index in [1.807, 2.05) is 41.1 Å². The van der Waals surface area contributed by atoms with Crippen LogP contribution < -0.4 is 14.8 Å². The van der Waals surface area contributed by atoms with Gasteiger partial charge in [-0.25, -0.2) is 4.68 Å². The van der Waals surface area contributed by atoms with Gasteiger partial charge in [0.2, 0.25) is 0 Å². The summed E-state index contributed by atoms with van der Waals surface area (Å²) in [5, 5.41) is 8.55. The van der Waals surface area contributed by atoms with Crippen LogP contribution >= 0.6 is 11.6 Å². The lowest BCUT2D eigenvalue weighted by atomic mass is 10.0. The minimum atomic E-state index is -4.41. The number of fused-ring (bicyclic) bond motifs is 3. The molecule has 0 saturated carbocycles. The summed E-state index contributed by atoms with van der Waals surface area (Å²) in [5.41, 5.74) is 3.37. The van der Waals surface area contributed by atoms with Crippen molar-refractivity contribution in [2.24, 2.45) is 0 Å². The molecule has 0 spiro atoms. The zero-order chi connectivity index (χ0) is 23.9. The summed E-state index contributed by atoms with van der Waals surface area (Å²) in [4.78, 5) is 0. The molecule has 1 atom stereocenters. The number of hydrogen-bond donors (Lipinski definition) is 1. The fourth-order valence-corrected chi connectivity index (χ4v) is 4.17. The number of nitrogens with one attached hydrogen (secondary N) is 1. The van der Waals surface area contributed by atoms with E-state index in [1.165, 1.54) is 13.2 Å². The number of anilines is 1. The molecule has 4 aromatic rings. The zero-order valence-corrected chi connectivity index (χ0v) is 18.7. The van der Waals surface area contributed by atoms with Gasteiger partial charge in [0.1, 0.15) is 12.8 Å². The summed E-state index contributed by atoms with van der Waals surface area (Å²) >= 11 is 6.20. The Bertz CT molecular complexity index is 1350. The second kappa shape index (κ2) is 8.61. The van der Waals surface area contributed by atoms with Gasteiger partial charge in [0.15, 0.2) is 11.5 Å². The number of ether oxygens (including phenoxy) is 2. The molecule has 0 bridgehead atoms. The van der Waals surface area contributed by atoms with Gasteiger partial charge in [0.25, 0.3) is 0 Å². The zero-order valence-electron chi connectivity index (χ0n) is 17.9. The van der Waals surface area contributed by atoms with Crippen LogP contribution in [0.3, 0.4) is 0 Å². The van der Waals surface area contributed by atoms with Gasteiger partial charge in [-0.3, -0.25) is 0 Å². The molecule has 0 saturated heterocycles. The molecule has 1 aliphatic rings. The van der Waals surface area contributed by atoms with Crippen molar-refractivity contribution in [2.75, 3.05) is 12.4 Å². The molecule has 174 valence electrons. The number of hydrogen-bond acceptors (Lipinski definition) is 4. The molecule has 5 rings (SSSR count). The van der Waals surface area contributed by atoms with Crippen molar-refractivity contribution in [1.29, 1.82) is 0 Å². The van der Waals surface area contributed by atoms with Crippen LogP contribution in [-0.4, -0.2) is 16.9 Å². The molecule has 1 aliphatic heterocycles. The third-order valence-corrected chi connectivity index (χ3v) is 5.85. The third-order valence-electron chi connectivity index (χ3n) is 5.62. The molecule has 1 aromatic heterocycles. The van der Waals surface area contributed by atoms with Crippen LogP contribution in [0.2, 0.25) is 5.02 Å². The Labute approximate surface area is 198 Å². The van der Waals surface area contributed by atoms with E-state index in [0.29, 0.717) is 22.1 Å². The van der Waals surface area contributed by atoms with Gasteiger partial charge in [0, 0.05) is 28.0 Å². The minimum absolute atomic E-state index is 0.0313. The van der Waals surface area contributed by atoms with E-state index in [2.05, 4.69) is 10.4 Å². The molecule has 0 fully saturated rings. The van der Waals surface area contributed by atoms with Crippen LogP contribution in [0.1, 0.15) is 22.9 Å². The lowest BCUT2D eigenvalue weighted by Gasteiger charge is -2.29. The summed E-state index contributed by atoms with van der Waals surface area (Å²) in [6.45, 7) is -0.0313. The molecule has 0 amide bonds. The van der Waals surface area contributed by atoms with Crippen LogP contribution in [0.25, 0.3) is 11.3 Å². The Morgan fingerprint density at radius 3 is 2.68 bits per heavy atom. The van der Waals surface area contributed by atoms with E-state index >= 15 is 0 Å². The lowest BCUT2D eigenvalue weighted by Crippen LogP contribution is -2.25. The monoisotopic (exact) mass is 485 g/mol. The maximum absolute atomic E-state index is 13.0. The number of rotatable bonds is 5. The fourth-order valence-electron chi connectivity index (χ4n) is 4.00. The van der Waals surface area contributed by atoms with Crippen molar-refractivity contribution in [1.82, 2.24) is 9.78 Å². The first kappa shape index (κ1) is 22.2. The molecule has 0 radical (unpaired) electrons. The van der Waals surface area contributed by atoms with E-state index in [4.69, 9.17) is 21.1 Å². The molecule has 0 unspecified atom stereocenters. The Kier molecular flexibility index (Phi) is 5.61. The van der Waals surface area contributed by atoms with Gasteiger partial charge in [-0.1, -0.05) is 29.8 Å². The Morgan fingerprint density at radius 2 is 1.88 bits per heavy atom. The summed E-state index contributed by atoms with van der Waals surface area (Å²) in [6.07, 6.45) is -2.99. The summed E-state index contributed by atoms with van der Waals surface area (Å²) in [6, 6.07) is 18.1. The predicted molar refractivity (Wildman–Crippen MR) is 123 cm³/mol. The van der Waals surface area contributed by atoms with E-state index in [1.54, 1.807) is 18.3 Å². The van der Waals surface area contributed by atoms with E-state index < -0.39 is 11.7 Å². The van der Waals surface area contributed by atoms with Gasteiger partial charge in [-0.05, 0) is 54.1 Å². The highest BCUT2D eigenvalue weighted by molar-refractivity contribution is 6.31. The van der Waals surface area contributed by atoms with Gasteiger partial charge in [0.05, 0.1) is 18.4 Å². The van der Waals surface area contributed by atoms with Gasteiger partial charge in [-0.2, -0.15) is 18.3 Å². The molecule has 3 aromatic carbocycles. The topological polar surface area (TPSA) is 48.3 Å². The highest BCUT2D eigenvalue weighted by Gasteiger charge is 2.30.